The number of hydrogen-bond acceptors (Lipinski definition) is 3. The van der Waals surface area contributed by atoms with Crippen LogP contribution in [0.3, 0.4) is 0 Å². The fourth-order valence-corrected chi connectivity index (χ4v) is 3.56. The third kappa shape index (κ3) is 2.17. The molecule has 0 saturated heterocycles. The summed E-state index contributed by atoms with van der Waals surface area (Å²) in [6.07, 6.45) is 0. The minimum Gasteiger partial charge on any atom is -0.313 e. The molecule has 0 fully saturated rings. The third-order valence-corrected chi connectivity index (χ3v) is 4.23. The lowest BCUT2D eigenvalue weighted by Gasteiger charge is -2.05. The predicted molar refractivity (Wildman–Crippen MR) is 82.1 cm³/mol. The molecule has 0 unspecified atom stereocenters. The van der Waals surface area contributed by atoms with Crippen LogP contribution in [0, 0.1) is 6.92 Å². The van der Waals surface area contributed by atoms with E-state index in [0.717, 1.165) is 27.5 Å². The Morgan fingerprint density at radius 1 is 1.16 bits per heavy atom. The molecule has 2 heterocycles. The van der Waals surface area contributed by atoms with E-state index in [0.29, 0.717) is 0 Å². The number of benzene rings is 1. The van der Waals surface area contributed by atoms with Crippen molar-refractivity contribution in [3.05, 3.63) is 45.1 Å². The summed E-state index contributed by atoms with van der Waals surface area (Å²) in [5, 5.41) is 2.98. The monoisotopic (exact) mass is 272 g/mol. The Hall–Kier alpha value is -1.65. The maximum absolute atomic E-state index is 12.1. The highest BCUT2D eigenvalue weighted by atomic mass is 32.1. The maximum atomic E-state index is 12.1. The number of aromatic amines is 1. The molecule has 0 saturated carbocycles. The zero-order valence-corrected chi connectivity index (χ0v) is 12.1. The van der Waals surface area contributed by atoms with Gasteiger partial charge in [-0.05, 0) is 38.5 Å². The van der Waals surface area contributed by atoms with Crippen LogP contribution in [0.2, 0.25) is 0 Å². The van der Waals surface area contributed by atoms with Gasteiger partial charge in [0, 0.05) is 22.2 Å². The van der Waals surface area contributed by atoms with E-state index in [2.05, 4.69) is 43.0 Å². The summed E-state index contributed by atoms with van der Waals surface area (Å²) in [6.45, 7) is 2.95. The Balaban J connectivity index is 2.35. The summed E-state index contributed by atoms with van der Waals surface area (Å²) < 4.78 is 0. The number of nitrogens with one attached hydrogen (secondary N) is 1. The molecule has 0 bridgehead atoms. The van der Waals surface area contributed by atoms with E-state index >= 15 is 0 Å². The minimum absolute atomic E-state index is 0.000697. The quantitative estimate of drug-likeness (QED) is 0.778. The van der Waals surface area contributed by atoms with E-state index in [-0.39, 0.29) is 5.56 Å². The van der Waals surface area contributed by atoms with Crippen molar-refractivity contribution in [1.29, 1.82) is 0 Å². The Kier molecular flexibility index (Phi) is 2.92. The van der Waals surface area contributed by atoms with Gasteiger partial charge in [0.25, 0.3) is 5.56 Å². The van der Waals surface area contributed by atoms with Gasteiger partial charge in [-0.2, -0.15) is 0 Å². The van der Waals surface area contributed by atoms with Gasteiger partial charge >= 0.3 is 0 Å². The van der Waals surface area contributed by atoms with Crippen LogP contribution in [0.1, 0.15) is 10.4 Å². The Morgan fingerprint density at radius 2 is 1.95 bits per heavy atom. The molecule has 0 aliphatic rings. The van der Waals surface area contributed by atoms with E-state index < -0.39 is 0 Å². The Bertz CT molecular complexity index is 814. The fraction of sp³-hybridized carbons (Fsp3) is 0.267. The van der Waals surface area contributed by atoms with Crippen LogP contribution in [-0.2, 0) is 6.54 Å². The van der Waals surface area contributed by atoms with Crippen molar-refractivity contribution >= 4 is 32.3 Å². The first-order chi connectivity index (χ1) is 9.04. The first kappa shape index (κ1) is 12.4. The molecule has 3 rings (SSSR count). The molecule has 3 aromatic rings. The van der Waals surface area contributed by atoms with E-state index in [4.69, 9.17) is 0 Å². The normalized spacial score (nSPS) is 11.8. The molecule has 98 valence electrons. The lowest BCUT2D eigenvalue weighted by molar-refractivity contribution is 0.406. The van der Waals surface area contributed by atoms with Crippen molar-refractivity contribution in [3.63, 3.8) is 0 Å². The second-order valence-electron chi connectivity index (χ2n) is 5.20. The highest BCUT2D eigenvalue weighted by Crippen LogP contribution is 2.29. The summed E-state index contributed by atoms with van der Waals surface area (Å²) in [7, 11) is 4.10. The lowest BCUT2D eigenvalue weighted by atomic mass is 10.1. The summed E-state index contributed by atoms with van der Waals surface area (Å²) in [5.74, 6) is 0. The van der Waals surface area contributed by atoms with E-state index in [1.807, 2.05) is 12.1 Å². The van der Waals surface area contributed by atoms with Crippen LogP contribution in [0.15, 0.2) is 29.1 Å². The number of fused-ring (bicyclic) bond motifs is 3. The molecule has 0 atom stereocenters. The maximum Gasteiger partial charge on any atom is 0.256 e. The van der Waals surface area contributed by atoms with Gasteiger partial charge in [0.05, 0.1) is 0 Å². The summed E-state index contributed by atoms with van der Waals surface area (Å²) >= 11 is 1.66. The largest absolute Gasteiger partial charge is 0.313 e. The highest BCUT2D eigenvalue weighted by molar-refractivity contribution is 7.18. The first-order valence-electron chi connectivity index (χ1n) is 6.24. The Labute approximate surface area is 115 Å². The topological polar surface area (TPSA) is 36.1 Å². The van der Waals surface area contributed by atoms with Gasteiger partial charge in [-0.15, -0.1) is 11.3 Å². The zero-order chi connectivity index (χ0) is 13.6. The van der Waals surface area contributed by atoms with Gasteiger partial charge in [-0.25, -0.2) is 0 Å². The van der Waals surface area contributed by atoms with E-state index in [1.165, 1.54) is 10.4 Å². The van der Waals surface area contributed by atoms with Crippen LogP contribution in [0.25, 0.3) is 21.0 Å². The summed E-state index contributed by atoms with van der Waals surface area (Å²) in [4.78, 5) is 19.4. The molecule has 0 radical (unpaired) electrons. The Morgan fingerprint density at radius 3 is 2.68 bits per heavy atom. The molecule has 0 spiro atoms. The smallest absolute Gasteiger partial charge is 0.256 e. The number of nitrogens with zero attached hydrogens (tertiary/aromatic N) is 1. The van der Waals surface area contributed by atoms with Crippen molar-refractivity contribution < 1.29 is 0 Å². The molecule has 2 aromatic heterocycles. The molecule has 0 aliphatic carbocycles. The van der Waals surface area contributed by atoms with Crippen LogP contribution >= 0.6 is 11.3 Å². The van der Waals surface area contributed by atoms with Gasteiger partial charge in [0.1, 0.15) is 4.83 Å². The number of rotatable bonds is 2. The van der Waals surface area contributed by atoms with Gasteiger partial charge < -0.3 is 9.88 Å². The predicted octanol–water partition coefficient (Wildman–Crippen LogP) is 3.11. The average Bonchev–Trinajstić information content (AvgIpc) is 2.70. The highest BCUT2D eigenvalue weighted by Gasteiger charge is 2.09. The van der Waals surface area contributed by atoms with Crippen molar-refractivity contribution in [2.24, 2.45) is 0 Å². The summed E-state index contributed by atoms with van der Waals surface area (Å²) in [5.41, 5.74) is 1.18. The van der Waals surface area contributed by atoms with Gasteiger partial charge in [0.2, 0.25) is 0 Å². The number of hydrogen-bond donors (Lipinski definition) is 1. The van der Waals surface area contributed by atoms with Crippen molar-refractivity contribution in [2.45, 2.75) is 13.5 Å². The molecule has 0 amide bonds. The lowest BCUT2D eigenvalue weighted by Crippen LogP contribution is -2.09. The summed E-state index contributed by atoms with van der Waals surface area (Å²) in [6, 6.07) is 8.18. The molecular weight excluding hydrogens is 256 g/mol. The third-order valence-electron chi connectivity index (χ3n) is 3.19. The number of thiophene rings is 1. The van der Waals surface area contributed by atoms with Gasteiger partial charge in [-0.1, -0.05) is 17.7 Å². The second kappa shape index (κ2) is 4.47. The molecule has 1 N–H and O–H groups in total. The molecular formula is C15H16N2OS. The van der Waals surface area contributed by atoms with Crippen LogP contribution in [0.5, 0.6) is 0 Å². The molecule has 0 aliphatic heterocycles. The molecule has 3 nitrogen and oxygen atoms in total. The molecule has 4 heteroatoms. The van der Waals surface area contributed by atoms with E-state index in [9.17, 15) is 4.79 Å². The van der Waals surface area contributed by atoms with Crippen LogP contribution < -0.4 is 5.56 Å². The standard InChI is InChI=1S/C15H16N2OS/c1-9-4-5-11-12(6-9)13-7-10(8-17(2)3)19-15(13)16-14(11)18/h4-7H,8H2,1-3H3,(H,16,18). The van der Waals surface area contributed by atoms with Gasteiger partial charge in [-0.3, -0.25) is 4.79 Å². The number of aryl methyl sites for hydroxylation is 1. The van der Waals surface area contributed by atoms with Crippen LogP contribution in [0.4, 0.5) is 0 Å². The number of H-pyrrole nitrogens is 1. The average molecular weight is 272 g/mol. The molecule has 1 aromatic carbocycles. The van der Waals surface area contributed by atoms with E-state index in [1.54, 1.807) is 11.3 Å². The van der Waals surface area contributed by atoms with Crippen LogP contribution in [-0.4, -0.2) is 24.0 Å². The minimum atomic E-state index is 0.000697. The fourth-order valence-electron chi connectivity index (χ4n) is 2.37. The second-order valence-corrected chi connectivity index (χ2v) is 6.33. The number of aromatic nitrogens is 1. The van der Waals surface area contributed by atoms with Crippen molar-refractivity contribution in [2.75, 3.05) is 14.1 Å². The van der Waals surface area contributed by atoms with Crippen molar-refractivity contribution in [1.82, 2.24) is 9.88 Å². The molecule has 19 heavy (non-hydrogen) atoms. The van der Waals surface area contributed by atoms with Gasteiger partial charge in [0.15, 0.2) is 0 Å². The zero-order valence-electron chi connectivity index (χ0n) is 11.3. The van der Waals surface area contributed by atoms with Crippen molar-refractivity contribution in [3.8, 4) is 0 Å². The first-order valence-corrected chi connectivity index (χ1v) is 7.06. The SMILES string of the molecule is Cc1ccc2c(=O)[nH]c3sc(CN(C)C)cc3c2c1. The number of pyridine rings is 1.